The summed E-state index contributed by atoms with van der Waals surface area (Å²) in [4.78, 5) is 12.7. The maximum absolute atomic E-state index is 12.7. The van der Waals surface area contributed by atoms with Crippen LogP contribution in [0.25, 0.3) is 11.0 Å². The third-order valence-corrected chi connectivity index (χ3v) is 5.43. The second-order valence-corrected chi connectivity index (χ2v) is 7.13. The molecule has 3 aromatic rings. The maximum Gasteiger partial charge on any atom is 0.343 e. The molecule has 2 atom stereocenters. The van der Waals surface area contributed by atoms with Crippen LogP contribution in [0.5, 0.6) is 5.75 Å². The van der Waals surface area contributed by atoms with Crippen molar-refractivity contribution in [3.05, 3.63) is 69.1 Å². The molecule has 0 radical (unpaired) electrons. The van der Waals surface area contributed by atoms with Crippen LogP contribution in [0.15, 0.2) is 45.6 Å². The van der Waals surface area contributed by atoms with Crippen LogP contribution in [-0.2, 0) is 0 Å². The maximum atomic E-state index is 12.7. The summed E-state index contributed by atoms with van der Waals surface area (Å²) in [5.41, 5.74) is 5.69. The number of aryl methyl sites for hydroxylation is 2. The Kier molecular flexibility index (Phi) is 2.99. The largest absolute Gasteiger partial charge is 0.492 e. The molecular formula is C21H19NO3. The van der Waals surface area contributed by atoms with Gasteiger partial charge in [-0.1, -0.05) is 29.3 Å². The van der Waals surface area contributed by atoms with Gasteiger partial charge < -0.3 is 14.5 Å². The highest BCUT2D eigenvalue weighted by molar-refractivity contribution is 5.86. The summed E-state index contributed by atoms with van der Waals surface area (Å²) in [5, 5.41) is 4.37. The van der Waals surface area contributed by atoms with E-state index >= 15 is 0 Å². The molecule has 2 aliphatic heterocycles. The zero-order chi connectivity index (χ0) is 17.1. The Morgan fingerprint density at radius 1 is 1.04 bits per heavy atom. The highest BCUT2D eigenvalue weighted by Crippen LogP contribution is 2.47. The van der Waals surface area contributed by atoms with Gasteiger partial charge in [0.25, 0.3) is 0 Å². The number of benzene rings is 2. The zero-order valence-corrected chi connectivity index (χ0v) is 14.3. The van der Waals surface area contributed by atoms with Gasteiger partial charge in [-0.2, -0.15) is 0 Å². The smallest absolute Gasteiger partial charge is 0.343 e. The van der Waals surface area contributed by atoms with Crippen molar-refractivity contribution in [2.75, 3.05) is 18.5 Å². The first-order chi connectivity index (χ1) is 12.1. The van der Waals surface area contributed by atoms with E-state index in [-0.39, 0.29) is 17.5 Å². The summed E-state index contributed by atoms with van der Waals surface area (Å²) >= 11 is 0. The molecule has 4 nitrogen and oxygen atoms in total. The molecule has 0 spiro atoms. The van der Waals surface area contributed by atoms with Crippen LogP contribution in [0.3, 0.4) is 0 Å². The zero-order valence-electron chi connectivity index (χ0n) is 14.3. The van der Waals surface area contributed by atoms with Crippen molar-refractivity contribution in [2.45, 2.75) is 25.7 Å². The average molecular weight is 333 g/mol. The number of hydrogen-bond donors (Lipinski definition) is 1. The number of anilines is 1. The molecule has 25 heavy (non-hydrogen) atoms. The standard InChI is InChI=1S/C21H19NO3/c1-11-3-5-17-13(7-11)16-10-24-20-14-8-12(2)4-6-18(14)25-21(23)19(20)15(16)9-22-17/h3-8,15-16,22H,9-10H2,1-2H3/t15-,16+/m0/s1. The van der Waals surface area contributed by atoms with Gasteiger partial charge in [-0.15, -0.1) is 0 Å². The molecule has 5 rings (SSSR count). The van der Waals surface area contributed by atoms with E-state index in [1.165, 1.54) is 11.1 Å². The Hall–Kier alpha value is -2.75. The van der Waals surface area contributed by atoms with Crippen LogP contribution in [0, 0.1) is 13.8 Å². The number of rotatable bonds is 0. The van der Waals surface area contributed by atoms with Crippen molar-refractivity contribution in [3.63, 3.8) is 0 Å². The van der Waals surface area contributed by atoms with Gasteiger partial charge in [0.2, 0.25) is 0 Å². The van der Waals surface area contributed by atoms with Crippen molar-refractivity contribution >= 4 is 16.7 Å². The van der Waals surface area contributed by atoms with Crippen molar-refractivity contribution in [1.29, 1.82) is 0 Å². The van der Waals surface area contributed by atoms with E-state index in [9.17, 15) is 4.79 Å². The normalized spacial score (nSPS) is 20.9. The first-order valence-electron chi connectivity index (χ1n) is 8.66. The van der Waals surface area contributed by atoms with Gasteiger partial charge in [0, 0.05) is 24.1 Å². The van der Waals surface area contributed by atoms with Gasteiger partial charge in [-0.3, -0.25) is 0 Å². The second kappa shape index (κ2) is 5.12. The Balaban J connectivity index is 1.73. The molecule has 2 aliphatic rings. The van der Waals surface area contributed by atoms with E-state index in [4.69, 9.17) is 9.15 Å². The lowest BCUT2D eigenvalue weighted by Crippen LogP contribution is -2.36. The molecule has 126 valence electrons. The van der Waals surface area contributed by atoms with Crippen LogP contribution >= 0.6 is 0 Å². The fourth-order valence-electron chi connectivity index (χ4n) is 4.19. The lowest BCUT2D eigenvalue weighted by atomic mass is 9.77. The quantitative estimate of drug-likeness (QED) is 0.630. The molecule has 4 heteroatoms. The molecule has 0 bridgehead atoms. The highest BCUT2D eigenvalue weighted by atomic mass is 16.5. The van der Waals surface area contributed by atoms with Gasteiger partial charge in [0.1, 0.15) is 11.3 Å². The number of nitrogens with one attached hydrogen (secondary N) is 1. The van der Waals surface area contributed by atoms with E-state index in [0.29, 0.717) is 23.5 Å². The Bertz CT molecular complexity index is 1070. The van der Waals surface area contributed by atoms with Gasteiger partial charge >= 0.3 is 5.63 Å². The molecule has 0 amide bonds. The SMILES string of the molecule is Cc1ccc2c(c1)[C@H]1COc3c(c(=O)oc4ccc(C)cc34)[C@H]1CN2. The molecule has 0 unspecified atom stereocenters. The summed E-state index contributed by atoms with van der Waals surface area (Å²) in [6, 6.07) is 12.2. The van der Waals surface area contributed by atoms with Gasteiger partial charge in [-0.25, -0.2) is 4.79 Å². The summed E-state index contributed by atoms with van der Waals surface area (Å²) in [5.74, 6) is 0.946. The average Bonchev–Trinajstić information content (AvgIpc) is 2.61. The number of fused-ring (bicyclic) bond motifs is 7. The van der Waals surface area contributed by atoms with Gasteiger partial charge in [0.15, 0.2) is 0 Å². The van der Waals surface area contributed by atoms with Crippen molar-refractivity contribution < 1.29 is 9.15 Å². The van der Waals surface area contributed by atoms with Crippen LogP contribution in [0.4, 0.5) is 5.69 Å². The molecule has 0 fully saturated rings. The molecule has 1 aromatic heterocycles. The first-order valence-corrected chi connectivity index (χ1v) is 8.66. The molecule has 1 N–H and O–H groups in total. The summed E-state index contributed by atoms with van der Waals surface area (Å²) in [7, 11) is 0. The van der Waals surface area contributed by atoms with E-state index in [1.54, 1.807) is 0 Å². The van der Waals surface area contributed by atoms with E-state index in [1.807, 2.05) is 25.1 Å². The lowest BCUT2D eigenvalue weighted by molar-refractivity contribution is 0.236. The van der Waals surface area contributed by atoms with E-state index in [0.717, 1.165) is 23.2 Å². The monoisotopic (exact) mass is 333 g/mol. The molecule has 2 aromatic carbocycles. The van der Waals surface area contributed by atoms with Crippen molar-refractivity contribution in [2.24, 2.45) is 0 Å². The van der Waals surface area contributed by atoms with Crippen molar-refractivity contribution in [3.8, 4) is 5.75 Å². The highest BCUT2D eigenvalue weighted by Gasteiger charge is 2.39. The molecule has 0 saturated carbocycles. The Morgan fingerprint density at radius 2 is 1.84 bits per heavy atom. The van der Waals surface area contributed by atoms with Crippen LogP contribution in [0.2, 0.25) is 0 Å². The predicted molar refractivity (Wildman–Crippen MR) is 97.9 cm³/mol. The number of ether oxygens (including phenoxy) is 1. The molecule has 3 heterocycles. The fraction of sp³-hybridized carbons (Fsp3) is 0.286. The minimum atomic E-state index is -0.279. The van der Waals surface area contributed by atoms with Gasteiger partial charge in [0.05, 0.1) is 17.6 Å². The molecular weight excluding hydrogens is 314 g/mol. The Morgan fingerprint density at radius 3 is 2.72 bits per heavy atom. The minimum absolute atomic E-state index is 0.0687. The molecule has 0 aliphatic carbocycles. The summed E-state index contributed by atoms with van der Waals surface area (Å²) in [6.07, 6.45) is 0. The topological polar surface area (TPSA) is 51.5 Å². The summed E-state index contributed by atoms with van der Waals surface area (Å²) in [6.45, 7) is 5.43. The van der Waals surface area contributed by atoms with Crippen LogP contribution < -0.4 is 15.7 Å². The third kappa shape index (κ3) is 2.10. The second-order valence-electron chi connectivity index (χ2n) is 7.13. The number of hydrogen-bond acceptors (Lipinski definition) is 4. The van der Waals surface area contributed by atoms with E-state index in [2.05, 4.69) is 30.4 Å². The van der Waals surface area contributed by atoms with E-state index < -0.39 is 0 Å². The lowest BCUT2D eigenvalue weighted by Gasteiger charge is -2.38. The third-order valence-electron chi connectivity index (χ3n) is 5.43. The van der Waals surface area contributed by atoms with Gasteiger partial charge in [-0.05, 0) is 37.6 Å². The fourth-order valence-corrected chi connectivity index (χ4v) is 4.19. The predicted octanol–water partition coefficient (Wildman–Crippen LogP) is 4.10. The first kappa shape index (κ1) is 14.6. The van der Waals surface area contributed by atoms with Crippen molar-refractivity contribution in [1.82, 2.24) is 0 Å². The molecule has 0 saturated heterocycles. The van der Waals surface area contributed by atoms with Crippen LogP contribution in [-0.4, -0.2) is 13.2 Å². The Labute approximate surface area is 145 Å². The summed E-state index contributed by atoms with van der Waals surface area (Å²) < 4.78 is 11.8. The van der Waals surface area contributed by atoms with Crippen LogP contribution in [0.1, 0.15) is 34.1 Å². The minimum Gasteiger partial charge on any atom is -0.492 e.